The zero-order valence-corrected chi connectivity index (χ0v) is 11.3. The average molecular weight is 283 g/mol. The molecule has 21 heavy (non-hydrogen) atoms. The van der Waals surface area contributed by atoms with Gasteiger partial charge in [-0.3, -0.25) is 10.1 Å². The molecule has 2 aromatic rings. The van der Waals surface area contributed by atoms with Crippen molar-refractivity contribution in [2.75, 3.05) is 5.32 Å². The van der Waals surface area contributed by atoms with E-state index >= 15 is 0 Å². The number of nitro benzene ring substituents is 1. The van der Waals surface area contributed by atoms with Gasteiger partial charge < -0.3 is 10.4 Å². The van der Waals surface area contributed by atoms with Crippen molar-refractivity contribution in [2.45, 2.75) is 12.6 Å². The van der Waals surface area contributed by atoms with Crippen molar-refractivity contribution >= 4 is 11.4 Å². The highest BCUT2D eigenvalue weighted by Gasteiger charge is 2.26. The summed E-state index contributed by atoms with van der Waals surface area (Å²) in [5.74, 6) is 0. The molecule has 0 fully saturated rings. The fourth-order valence-corrected chi connectivity index (χ4v) is 1.96. The van der Waals surface area contributed by atoms with E-state index in [1.807, 2.05) is 12.1 Å². The quantitative estimate of drug-likeness (QED) is 0.510. The molecule has 0 aliphatic heterocycles. The molecule has 6 heteroatoms. The van der Waals surface area contributed by atoms with Gasteiger partial charge in [-0.2, -0.15) is 5.26 Å². The van der Waals surface area contributed by atoms with Crippen LogP contribution in [0.3, 0.4) is 0 Å². The molecule has 0 radical (unpaired) electrons. The highest BCUT2D eigenvalue weighted by molar-refractivity contribution is 5.65. The molecular formula is C15H13N3O3. The van der Waals surface area contributed by atoms with Crippen molar-refractivity contribution in [3.05, 3.63) is 69.8 Å². The Bertz CT molecular complexity index is 706. The van der Waals surface area contributed by atoms with Crippen LogP contribution < -0.4 is 5.32 Å². The number of hydrogen-bond acceptors (Lipinski definition) is 5. The number of aliphatic hydroxyl groups is 1. The molecule has 0 bridgehead atoms. The molecule has 0 aliphatic rings. The van der Waals surface area contributed by atoms with Crippen LogP contribution in [-0.2, 0) is 5.72 Å². The molecular weight excluding hydrogens is 270 g/mol. The molecule has 6 nitrogen and oxygen atoms in total. The fourth-order valence-electron chi connectivity index (χ4n) is 1.96. The Morgan fingerprint density at radius 1 is 1.29 bits per heavy atom. The van der Waals surface area contributed by atoms with Crippen LogP contribution in [0.25, 0.3) is 0 Å². The average Bonchev–Trinajstić information content (AvgIpc) is 2.48. The molecule has 1 unspecified atom stereocenters. The third kappa shape index (κ3) is 3.16. The van der Waals surface area contributed by atoms with Crippen LogP contribution in [0.4, 0.5) is 11.4 Å². The fraction of sp³-hybridized carbons (Fsp3) is 0.133. The zero-order chi connectivity index (χ0) is 15.5. The first-order chi connectivity index (χ1) is 9.94. The van der Waals surface area contributed by atoms with Crippen molar-refractivity contribution < 1.29 is 10.0 Å². The molecule has 0 saturated carbocycles. The van der Waals surface area contributed by atoms with Gasteiger partial charge in [-0.15, -0.1) is 0 Å². The number of hydrogen-bond donors (Lipinski definition) is 2. The van der Waals surface area contributed by atoms with Gasteiger partial charge in [-0.25, -0.2) is 0 Å². The van der Waals surface area contributed by atoms with Crippen LogP contribution in [-0.4, -0.2) is 10.0 Å². The monoisotopic (exact) mass is 283 g/mol. The van der Waals surface area contributed by atoms with Crippen LogP contribution in [0.5, 0.6) is 0 Å². The van der Waals surface area contributed by atoms with Gasteiger partial charge in [0.25, 0.3) is 5.69 Å². The number of nitro groups is 1. The minimum Gasteiger partial charge on any atom is -0.367 e. The first-order valence-corrected chi connectivity index (χ1v) is 6.18. The van der Waals surface area contributed by atoms with Gasteiger partial charge >= 0.3 is 0 Å². The summed E-state index contributed by atoms with van der Waals surface area (Å²) < 4.78 is 0. The molecule has 0 saturated heterocycles. The van der Waals surface area contributed by atoms with Gasteiger partial charge in [0.2, 0.25) is 0 Å². The summed E-state index contributed by atoms with van der Waals surface area (Å²) in [6.45, 7) is 1.50. The van der Waals surface area contributed by atoms with E-state index in [1.54, 1.807) is 24.3 Å². The van der Waals surface area contributed by atoms with Crippen molar-refractivity contribution in [1.29, 1.82) is 5.26 Å². The Labute approximate surface area is 121 Å². The Balaban J connectivity index is 2.40. The van der Waals surface area contributed by atoms with Crippen molar-refractivity contribution in [3.63, 3.8) is 0 Å². The van der Waals surface area contributed by atoms with E-state index < -0.39 is 10.6 Å². The summed E-state index contributed by atoms with van der Waals surface area (Å²) in [6.07, 6.45) is 0. The summed E-state index contributed by atoms with van der Waals surface area (Å²) in [6, 6.07) is 14.6. The van der Waals surface area contributed by atoms with E-state index in [0.29, 0.717) is 5.56 Å². The molecule has 1 atom stereocenters. The van der Waals surface area contributed by atoms with Gasteiger partial charge in [0.15, 0.2) is 5.72 Å². The molecule has 2 N–H and O–H groups in total. The number of nitrogens with zero attached hydrogens (tertiary/aromatic N) is 2. The topological polar surface area (TPSA) is 99.2 Å². The van der Waals surface area contributed by atoms with Gasteiger partial charge in [-0.05, 0) is 19.1 Å². The summed E-state index contributed by atoms with van der Waals surface area (Å²) in [4.78, 5) is 10.5. The summed E-state index contributed by atoms with van der Waals surface area (Å²) in [7, 11) is 0. The predicted octanol–water partition coefficient (Wildman–Crippen LogP) is 2.74. The Hall–Kier alpha value is -2.91. The minimum atomic E-state index is -1.47. The van der Waals surface area contributed by atoms with E-state index in [-0.39, 0.29) is 16.9 Å². The highest BCUT2D eigenvalue weighted by Crippen LogP contribution is 2.30. The van der Waals surface area contributed by atoms with E-state index in [0.717, 1.165) is 0 Å². The predicted molar refractivity (Wildman–Crippen MR) is 77.4 cm³/mol. The van der Waals surface area contributed by atoms with Crippen LogP contribution in [0, 0.1) is 21.4 Å². The Morgan fingerprint density at radius 3 is 2.52 bits per heavy atom. The number of benzene rings is 2. The number of nitriles is 1. The second kappa shape index (κ2) is 5.61. The van der Waals surface area contributed by atoms with Crippen molar-refractivity contribution in [2.24, 2.45) is 0 Å². The first kappa shape index (κ1) is 14.5. The number of nitrogens with one attached hydrogen (secondary N) is 1. The lowest BCUT2D eigenvalue weighted by Crippen LogP contribution is -2.31. The molecule has 0 amide bonds. The first-order valence-electron chi connectivity index (χ1n) is 6.18. The van der Waals surface area contributed by atoms with Gasteiger partial charge in [-0.1, -0.05) is 30.3 Å². The van der Waals surface area contributed by atoms with Crippen LogP contribution in [0.15, 0.2) is 48.5 Å². The molecule has 2 aromatic carbocycles. The summed E-state index contributed by atoms with van der Waals surface area (Å²) >= 11 is 0. The van der Waals surface area contributed by atoms with Crippen LogP contribution >= 0.6 is 0 Å². The maximum Gasteiger partial charge on any atom is 0.293 e. The van der Waals surface area contributed by atoms with E-state index in [9.17, 15) is 15.2 Å². The van der Waals surface area contributed by atoms with Crippen molar-refractivity contribution in [3.8, 4) is 6.07 Å². The molecule has 0 spiro atoms. The van der Waals surface area contributed by atoms with E-state index in [4.69, 9.17) is 5.26 Å². The molecule has 0 heterocycles. The largest absolute Gasteiger partial charge is 0.367 e. The standard InChI is InChI=1S/C15H13N3O3/c1-15(19,12-5-3-2-4-6-12)17-13-8-7-11(10-16)9-14(13)18(20)21/h2-9,17,19H,1H3. The SMILES string of the molecule is CC(O)(Nc1ccc(C#N)cc1[N+](=O)[O-])c1ccccc1. The summed E-state index contributed by atoms with van der Waals surface area (Å²) in [5, 5.41) is 33.1. The molecule has 0 aromatic heterocycles. The lowest BCUT2D eigenvalue weighted by molar-refractivity contribution is -0.384. The molecule has 0 aliphatic carbocycles. The lowest BCUT2D eigenvalue weighted by Gasteiger charge is -2.26. The van der Waals surface area contributed by atoms with E-state index in [2.05, 4.69) is 5.32 Å². The van der Waals surface area contributed by atoms with Gasteiger partial charge in [0.05, 0.1) is 16.6 Å². The number of rotatable bonds is 4. The van der Waals surface area contributed by atoms with Gasteiger partial charge in [0.1, 0.15) is 5.69 Å². The van der Waals surface area contributed by atoms with E-state index in [1.165, 1.54) is 25.1 Å². The Morgan fingerprint density at radius 2 is 1.95 bits per heavy atom. The third-order valence-corrected chi connectivity index (χ3v) is 3.04. The maximum atomic E-state index is 11.1. The zero-order valence-electron chi connectivity index (χ0n) is 11.3. The molecule has 2 rings (SSSR count). The maximum absolute atomic E-state index is 11.1. The molecule has 106 valence electrons. The normalized spacial score (nSPS) is 13.0. The third-order valence-electron chi connectivity index (χ3n) is 3.04. The second-order valence-electron chi connectivity index (χ2n) is 4.66. The smallest absolute Gasteiger partial charge is 0.293 e. The van der Waals surface area contributed by atoms with Gasteiger partial charge in [0, 0.05) is 11.6 Å². The van der Waals surface area contributed by atoms with Crippen molar-refractivity contribution in [1.82, 2.24) is 0 Å². The number of anilines is 1. The van der Waals surface area contributed by atoms with Crippen LogP contribution in [0.2, 0.25) is 0 Å². The second-order valence-corrected chi connectivity index (χ2v) is 4.66. The van der Waals surface area contributed by atoms with Crippen LogP contribution in [0.1, 0.15) is 18.1 Å². The minimum absolute atomic E-state index is 0.146. The highest BCUT2D eigenvalue weighted by atomic mass is 16.6. The lowest BCUT2D eigenvalue weighted by atomic mass is 10.0. The Kier molecular flexibility index (Phi) is 3.87. The summed E-state index contributed by atoms with van der Waals surface area (Å²) in [5.41, 5.74) is -0.825.